The molecule has 0 spiro atoms. The zero-order valence-corrected chi connectivity index (χ0v) is 7.28. The van der Waals surface area contributed by atoms with Gasteiger partial charge >= 0.3 is 0 Å². The van der Waals surface area contributed by atoms with Crippen molar-refractivity contribution in [1.82, 2.24) is 0 Å². The number of halogens is 1. The maximum Gasteiger partial charge on any atom is 0.282 e. The van der Waals surface area contributed by atoms with Gasteiger partial charge < -0.3 is 5.73 Å². The zero-order chi connectivity index (χ0) is 10.9. The predicted octanol–water partition coefficient (Wildman–Crippen LogP) is 1.52. The summed E-state index contributed by atoms with van der Waals surface area (Å²) in [5, 5.41) is 10.5. The lowest BCUT2D eigenvalue weighted by Gasteiger charge is -2.01. The second-order valence-corrected chi connectivity index (χ2v) is 2.70. The average molecular weight is 198 g/mol. The van der Waals surface area contributed by atoms with E-state index >= 15 is 0 Å². The highest BCUT2D eigenvalue weighted by molar-refractivity contribution is 5.98. The fourth-order valence-corrected chi connectivity index (χ4v) is 1.01. The molecule has 0 saturated heterocycles. The maximum absolute atomic E-state index is 12.9. The van der Waals surface area contributed by atoms with Crippen molar-refractivity contribution < 1.29 is 14.1 Å². The van der Waals surface area contributed by atoms with Gasteiger partial charge in [0.05, 0.1) is 16.2 Å². The molecular weight excluding hydrogens is 191 g/mol. The van der Waals surface area contributed by atoms with Crippen molar-refractivity contribution in [2.45, 2.75) is 6.92 Å². The van der Waals surface area contributed by atoms with Crippen LogP contribution < -0.4 is 5.73 Å². The summed E-state index contributed by atoms with van der Waals surface area (Å²) in [6.45, 7) is 1.12. The highest BCUT2D eigenvalue weighted by Gasteiger charge is 2.19. The number of carbonyl (C=O) groups is 1. The summed E-state index contributed by atoms with van der Waals surface area (Å²) in [6.07, 6.45) is 0. The molecule has 2 N–H and O–H groups in total. The Kier molecular flexibility index (Phi) is 2.46. The van der Waals surface area contributed by atoms with E-state index in [4.69, 9.17) is 5.73 Å². The first-order valence-electron chi connectivity index (χ1n) is 3.68. The van der Waals surface area contributed by atoms with E-state index in [-0.39, 0.29) is 11.3 Å². The van der Waals surface area contributed by atoms with Gasteiger partial charge in [-0.05, 0) is 13.0 Å². The largest absolute Gasteiger partial charge is 0.396 e. The normalized spacial score (nSPS) is 9.86. The van der Waals surface area contributed by atoms with Crippen molar-refractivity contribution in [3.05, 3.63) is 33.6 Å². The molecule has 0 aliphatic rings. The van der Waals surface area contributed by atoms with Gasteiger partial charge in [0.2, 0.25) is 0 Å². The molecule has 0 heterocycles. The SMILES string of the molecule is CC(=O)c1cc(F)c(N)cc1[N+](=O)[O-]. The molecule has 0 unspecified atom stereocenters. The first-order valence-corrected chi connectivity index (χ1v) is 3.68. The van der Waals surface area contributed by atoms with E-state index in [9.17, 15) is 19.3 Å². The standard InChI is InChI=1S/C8H7FN2O3/c1-4(12)5-2-6(9)7(10)3-8(5)11(13)14/h2-3H,10H2,1H3. The molecule has 74 valence electrons. The van der Waals surface area contributed by atoms with Crippen LogP contribution in [0.2, 0.25) is 0 Å². The highest BCUT2D eigenvalue weighted by atomic mass is 19.1. The molecule has 1 aromatic rings. The van der Waals surface area contributed by atoms with E-state index in [1.807, 2.05) is 0 Å². The van der Waals surface area contributed by atoms with Crippen molar-refractivity contribution in [2.24, 2.45) is 0 Å². The second-order valence-electron chi connectivity index (χ2n) is 2.70. The number of nitro benzene ring substituents is 1. The highest BCUT2D eigenvalue weighted by Crippen LogP contribution is 2.24. The number of ketones is 1. The van der Waals surface area contributed by atoms with Crippen molar-refractivity contribution in [3.8, 4) is 0 Å². The Morgan fingerprint density at radius 2 is 2.14 bits per heavy atom. The van der Waals surface area contributed by atoms with Gasteiger partial charge in [0.1, 0.15) is 5.82 Å². The van der Waals surface area contributed by atoms with Crippen LogP contribution in [0.3, 0.4) is 0 Å². The minimum atomic E-state index is -0.833. The third-order valence-electron chi connectivity index (χ3n) is 1.69. The van der Waals surface area contributed by atoms with Crippen LogP contribution >= 0.6 is 0 Å². The number of carbonyl (C=O) groups excluding carboxylic acids is 1. The molecule has 6 heteroatoms. The van der Waals surface area contributed by atoms with Crippen LogP contribution in [0.1, 0.15) is 17.3 Å². The number of anilines is 1. The van der Waals surface area contributed by atoms with Gasteiger partial charge in [0.15, 0.2) is 5.78 Å². The number of Topliss-reactive ketones (excluding diaryl/α,β-unsaturated/α-hetero) is 1. The molecule has 0 saturated carbocycles. The number of benzene rings is 1. The lowest BCUT2D eigenvalue weighted by Crippen LogP contribution is -2.03. The first kappa shape index (κ1) is 10.1. The number of rotatable bonds is 2. The molecule has 0 fully saturated rings. The molecule has 1 rings (SSSR count). The first-order chi connectivity index (χ1) is 6.43. The molecule has 0 radical (unpaired) electrons. The van der Waals surface area contributed by atoms with Gasteiger partial charge in [-0.2, -0.15) is 0 Å². The summed E-state index contributed by atoms with van der Waals surface area (Å²) < 4.78 is 12.9. The van der Waals surface area contributed by atoms with Gasteiger partial charge in [0, 0.05) is 6.07 Å². The summed E-state index contributed by atoms with van der Waals surface area (Å²) in [6, 6.07) is 1.61. The van der Waals surface area contributed by atoms with Crippen molar-refractivity contribution >= 4 is 17.2 Å². The Morgan fingerprint density at radius 1 is 1.57 bits per heavy atom. The molecule has 14 heavy (non-hydrogen) atoms. The summed E-state index contributed by atoms with van der Waals surface area (Å²) >= 11 is 0. The van der Waals surface area contributed by atoms with Crippen LogP contribution in [-0.2, 0) is 0 Å². The van der Waals surface area contributed by atoms with Crippen LogP contribution in [0.15, 0.2) is 12.1 Å². The van der Waals surface area contributed by atoms with Gasteiger partial charge in [-0.1, -0.05) is 0 Å². The molecule has 0 atom stereocenters. The van der Waals surface area contributed by atoms with E-state index in [1.165, 1.54) is 0 Å². The molecule has 1 aromatic carbocycles. The van der Waals surface area contributed by atoms with Crippen molar-refractivity contribution in [3.63, 3.8) is 0 Å². The van der Waals surface area contributed by atoms with E-state index < -0.39 is 22.2 Å². The molecule has 0 bridgehead atoms. The zero-order valence-electron chi connectivity index (χ0n) is 7.28. The number of nitro groups is 1. The van der Waals surface area contributed by atoms with E-state index in [0.29, 0.717) is 0 Å². The number of hydrogen-bond acceptors (Lipinski definition) is 4. The summed E-state index contributed by atoms with van der Waals surface area (Å²) in [7, 11) is 0. The maximum atomic E-state index is 12.9. The molecule has 0 aliphatic carbocycles. The Labute approximate surface area is 78.5 Å². The van der Waals surface area contributed by atoms with E-state index in [1.54, 1.807) is 0 Å². The molecular formula is C8H7FN2O3. The van der Waals surface area contributed by atoms with Crippen LogP contribution in [0.25, 0.3) is 0 Å². The van der Waals surface area contributed by atoms with Crippen molar-refractivity contribution in [1.29, 1.82) is 0 Å². The number of hydrogen-bond donors (Lipinski definition) is 1. The topological polar surface area (TPSA) is 86.2 Å². The molecule has 5 nitrogen and oxygen atoms in total. The number of nitrogens with zero attached hydrogens (tertiary/aromatic N) is 1. The minimum absolute atomic E-state index is 0.276. The van der Waals surface area contributed by atoms with E-state index in [0.717, 1.165) is 19.1 Å². The summed E-state index contributed by atoms with van der Waals surface area (Å²) in [5.41, 5.74) is 4.04. The third kappa shape index (κ3) is 1.68. The van der Waals surface area contributed by atoms with Crippen LogP contribution in [-0.4, -0.2) is 10.7 Å². The quantitative estimate of drug-likeness (QED) is 0.338. The second kappa shape index (κ2) is 3.41. The summed E-state index contributed by atoms with van der Waals surface area (Å²) in [5.74, 6) is -1.41. The van der Waals surface area contributed by atoms with E-state index in [2.05, 4.69) is 0 Å². The third-order valence-corrected chi connectivity index (χ3v) is 1.69. The van der Waals surface area contributed by atoms with Crippen LogP contribution in [0.5, 0.6) is 0 Å². The van der Waals surface area contributed by atoms with Gasteiger partial charge in [-0.15, -0.1) is 0 Å². The molecule has 0 amide bonds. The summed E-state index contributed by atoms with van der Waals surface area (Å²) in [4.78, 5) is 20.6. The van der Waals surface area contributed by atoms with Gasteiger partial charge in [-0.25, -0.2) is 4.39 Å². The average Bonchev–Trinajstić information content (AvgIpc) is 2.08. The van der Waals surface area contributed by atoms with Crippen molar-refractivity contribution in [2.75, 3.05) is 5.73 Å². The molecule has 0 aromatic heterocycles. The van der Waals surface area contributed by atoms with Gasteiger partial charge in [0.25, 0.3) is 5.69 Å². The van der Waals surface area contributed by atoms with Crippen LogP contribution in [0, 0.1) is 15.9 Å². The Morgan fingerprint density at radius 3 is 2.57 bits per heavy atom. The lowest BCUT2D eigenvalue weighted by molar-refractivity contribution is -0.385. The number of nitrogens with two attached hydrogens (primary N) is 1. The Hall–Kier alpha value is -1.98. The fourth-order valence-electron chi connectivity index (χ4n) is 1.01. The Balaban J connectivity index is 3.46. The predicted molar refractivity (Wildman–Crippen MR) is 47.5 cm³/mol. The minimum Gasteiger partial charge on any atom is -0.396 e. The lowest BCUT2D eigenvalue weighted by atomic mass is 10.1. The van der Waals surface area contributed by atoms with Gasteiger partial charge in [-0.3, -0.25) is 14.9 Å². The Bertz CT molecular complexity index is 378. The molecule has 0 aliphatic heterocycles. The monoisotopic (exact) mass is 198 g/mol. The fraction of sp³-hybridized carbons (Fsp3) is 0.125. The smallest absolute Gasteiger partial charge is 0.282 e. The number of nitrogen functional groups attached to an aromatic ring is 1. The van der Waals surface area contributed by atoms with Crippen LogP contribution in [0.4, 0.5) is 15.8 Å².